The summed E-state index contributed by atoms with van der Waals surface area (Å²) in [5.74, 6) is 1.03. The topological polar surface area (TPSA) is 68.5 Å². The zero-order chi connectivity index (χ0) is 23.2. The summed E-state index contributed by atoms with van der Waals surface area (Å²) in [4.78, 5) is 17.1. The monoisotopic (exact) mass is 460 g/mol. The second kappa shape index (κ2) is 10.5. The number of thioether (sulfide) groups is 1. The van der Waals surface area contributed by atoms with E-state index in [2.05, 4.69) is 17.2 Å². The van der Waals surface area contributed by atoms with Gasteiger partial charge in [0.15, 0.2) is 0 Å². The largest absolute Gasteiger partial charge is 0.493 e. The summed E-state index contributed by atoms with van der Waals surface area (Å²) >= 11 is 1.40. The van der Waals surface area contributed by atoms with Gasteiger partial charge in [-0.1, -0.05) is 55.4 Å². The number of aryl methyl sites for hydroxylation is 2. The van der Waals surface area contributed by atoms with Crippen molar-refractivity contribution in [3.63, 3.8) is 0 Å². The molecule has 2 aromatic heterocycles. The molecule has 0 bridgehead atoms. The van der Waals surface area contributed by atoms with Crippen LogP contribution in [-0.2, 0) is 4.79 Å². The fourth-order valence-electron chi connectivity index (χ4n) is 3.59. The minimum absolute atomic E-state index is 0.0596. The number of amides is 1. The molecule has 4 rings (SSSR count). The molecule has 0 radical (unpaired) electrons. The molecule has 0 unspecified atom stereocenters. The SMILES string of the molecule is CCCCOc1ccccc1-c1cc2c(SCC(=O)Nc3c(C)cccc3C)nccn2n1. The molecule has 33 heavy (non-hydrogen) atoms. The number of hydrogen-bond acceptors (Lipinski definition) is 5. The van der Waals surface area contributed by atoms with Gasteiger partial charge in [0.25, 0.3) is 0 Å². The van der Waals surface area contributed by atoms with Crippen molar-refractivity contribution in [2.45, 2.75) is 38.6 Å². The number of carbonyl (C=O) groups is 1. The number of carbonyl (C=O) groups excluding carboxylic acids is 1. The number of aromatic nitrogens is 3. The van der Waals surface area contributed by atoms with E-state index in [-0.39, 0.29) is 11.7 Å². The van der Waals surface area contributed by atoms with Crippen LogP contribution in [0.1, 0.15) is 30.9 Å². The Morgan fingerprint density at radius 2 is 1.91 bits per heavy atom. The molecule has 1 N–H and O–H groups in total. The van der Waals surface area contributed by atoms with E-state index >= 15 is 0 Å². The lowest BCUT2D eigenvalue weighted by atomic mass is 10.1. The molecule has 0 aliphatic rings. The van der Waals surface area contributed by atoms with E-state index in [1.54, 1.807) is 10.7 Å². The van der Waals surface area contributed by atoms with Crippen LogP contribution in [0, 0.1) is 13.8 Å². The van der Waals surface area contributed by atoms with Gasteiger partial charge in [-0.15, -0.1) is 0 Å². The van der Waals surface area contributed by atoms with Crippen molar-refractivity contribution in [3.8, 4) is 17.0 Å². The third-order valence-corrected chi connectivity index (χ3v) is 6.35. The Hall–Kier alpha value is -3.32. The number of ether oxygens (including phenoxy) is 1. The number of anilines is 1. The summed E-state index contributed by atoms with van der Waals surface area (Å²) in [5.41, 5.74) is 5.60. The van der Waals surface area contributed by atoms with Gasteiger partial charge in [-0.05, 0) is 49.6 Å². The molecule has 0 aliphatic heterocycles. The smallest absolute Gasteiger partial charge is 0.234 e. The number of para-hydroxylation sites is 2. The molecule has 7 heteroatoms. The van der Waals surface area contributed by atoms with Gasteiger partial charge in [0.05, 0.1) is 23.6 Å². The average Bonchev–Trinajstić information content (AvgIpc) is 3.25. The maximum absolute atomic E-state index is 12.6. The second-order valence-corrected chi connectivity index (χ2v) is 8.86. The Labute approximate surface area is 198 Å². The first kappa shape index (κ1) is 22.9. The highest BCUT2D eigenvalue weighted by atomic mass is 32.2. The maximum Gasteiger partial charge on any atom is 0.234 e. The Bertz CT molecular complexity index is 1250. The quantitative estimate of drug-likeness (QED) is 0.248. The first-order chi connectivity index (χ1) is 16.1. The van der Waals surface area contributed by atoms with Gasteiger partial charge in [-0.25, -0.2) is 9.50 Å². The zero-order valence-electron chi connectivity index (χ0n) is 19.2. The first-order valence-corrected chi connectivity index (χ1v) is 12.1. The Morgan fingerprint density at radius 1 is 1.12 bits per heavy atom. The summed E-state index contributed by atoms with van der Waals surface area (Å²) in [7, 11) is 0. The summed E-state index contributed by atoms with van der Waals surface area (Å²) < 4.78 is 7.79. The van der Waals surface area contributed by atoms with Gasteiger partial charge in [-0.3, -0.25) is 4.79 Å². The van der Waals surface area contributed by atoms with Crippen LogP contribution in [0.2, 0.25) is 0 Å². The number of unbranched alkanes of at least 4 members (excludes halogenated alkanes) is 1. The standard InChI is InChI=1S/C26H28N4O2S/c1-4-5-15-32-23-12-7-6-11-20(23)21-16-22-26(27-13-14-30(22)29-21)33-17-24(31)28-25-18(2)9-8-10-19(25)3/h6-14,16H,4-5,15,17H2,1-3H3,(H,28,31). The van der Waals surface area contributed by atoms with E-state index in [1.807, 2.05) is 68.6 Å². The summed E-state index contributed by atoms with van der Waals surface area (Å²) in [6, 6.07) is 15.9. The molecular formula is C26H28N4O2S. The normalized spacial score (nSPS) is 11.0. The fourth-order valence-corrected chi connectivity index (χ4v) is 4.37. The summed E-state index contributed by atoms with van der Waals surface area (Å²) in [5, 5.41) is 8.53. The van der Waals surface area contributed by atoms with Crippen LogP contribution in [0.25, 0.3) is 16.8 Å². The zero-order valence-corrected chi connectivity index (χ0v) is 20.0. The minimum atomic E-state index is -0.0596. The van der Waals surface area contributed by atoms with Crippen molar-refractivity contribution in [2.75, 3.05) is 17.7 Å². The number of rotatable bonds is 9. The van der Waals surface area contributed by atoms with Crippen LogP contribution < -0.4 is 10.1 Å². The molecule has 6 nitrogen and oxygen atoms in total. The van der Waals surface area contributed by atoms with Gasteiger partial charge < -0.3 is 10.1 Å². The van der Waals surface area contributed by atoms with Gasteiger partial charge >= 0.3 is 0 Å². The minimum Gasteiger partial charge on any atom is -0.493 e. The molecule has 0 spiro atoms. The molecule has 0 saturated heterocycles. The Kier molecular flexibility index (Phi) is 7.29. The van der Waals surface area contributed by atoms with E-state index < -0.39 is 0 Å². The van der Waals surface area contributed by atoms with Crippen molar-refractivity contribution in [3.05, 3.63) is 72.1 Å². The van der Waals surface area contributed by atoms with Crippen molar-refractivity contribution in [1.82, 2.24) is 14.6 Å². The van der Waals surface area contributed by atoms with Crippen LogP contribution in [0.15, 0.2) is 66.0 Å². The molecular weight excluding hydrogens is 432 g/mol. The molecule has 0 atom stereocenters. The van der Waals surface area contributed by atoms with Crippen LogP contribution in [0.3, 0.4) is 0 Å². The predicted octanol–water partition coefficient (Wildman–Crippen LogP) is 5.92. The highest BCUT2D eigenvalue weighted by Crippen LogP contribution is 2.32. The molecule has 2 aromatic carbocycles. The molecule has 2 heterocycles. The molecule has 1 amide bonds. The van der Waals surface area contributed by atoms with Crippen molar-refractivity contribution >= 4 is 28.9 Å². The van der Waals surface area contributed by atoms with E-state index in [0.717, 1.165) is 57.2 Å². The average molecular weight is 461 g/mol. The van der Waals surface area contributed by atoms with E-state index in [1.165, 1.54) is 11.8 Å². The number of nitrogens with zero attached hydrogens (tertiary/aromatic N) is 3. The van der Waals surface area contributed by atoms with Gasteiger partial charge in [0.2, 0.25) is 5.91 Å². The summed E-state index contributed by atoms with van der Waals surface area (Å²) in [6.07, 6.45) is 5.62. The van der Waals surface area contributed by atoms with Crippen LogP contribution in [-0.4, -0.2) is 32.9 Å². The van der Waals surface area contributed by atoms with Crippen LogP contribution in [0.4, 0.5) is 5.69 Å². The van der Waals surface area contributed by atoms with E-state index in [0.29, 0.717) is 6.61 Å². The van der Waals surface area contributed by atoms with Crippen LogP contribution >= 0.6 is 11.8 Å². The van der Waals surface area contributed by atoms with E-state index in [4.69, 9.17) is 9.84 Å². The van der Waals surface area contributed by atoms with Crippen molar-refractivity contribution in [1.29, 1.82) is 0 Å². The lowest BCUT2D eigenvalue weighted by molar-refractivity contribution is -0.113. The Morgan fingerprint density at radius 3 is 2.70 bits per heavy atom. The highest BCUT2D eigenvalue weighted by Gasteiger charge is 2.15. The second-order valence-electron chi connectivity index (χ2n) is 7.89. The fraction of sp³-hybridized carbons (Fsp3) is 0.269. The first-order valence-electron chi connectivity index (χ1n) is 11.1. The Balaban J connectivity index is 1.52. The third-order valence-electron chi connectivity index (χ3n) is 5.36. The molecule has 0 saturated carbocycles. The van der Waals surface area contributed by atoms with E-state index in [9.17, 15) is 4.79 Å². The number of fused-ring (bicyclic) bond motifs is 1. The molecule has 170 valence electrons. The highest BCUT2D eigenvalue weighted by molar-refractivity contribution is 8.00. The lowest BCUT2D eigenvalue weighted by Crippen LogP contribution is -2.15. The van der Waals surface area contributed by atoms with Crippen LogP contribution in [0.5, 0.6) is 5.75 Å². The predicted molar refractivity (Wildman–Crippen MR) is 134 cm³/mol. The molecule has 4 aromatic rings. The van der Waals surface area contributed by atoms with Gasteiger partial charge in [0, 0.05) is 23.6 Å². The van der Waals surface area contributed by atoms with Gasteiger partial charge in [0.1, 0.15) is 10.8 Å². The number of hydrogen-bond donors (Lipinski definition) is 1. The number of nitrogens with one attached hydrogen (secondary N) is 1. The molecule has 0 fully saturated rings. The number of benzene rings is 2. The molecule has 0 aliphatic carbocycles. The van der Waals surface area contributed by atoms with Crippen molar-refractivity contribution < 1.29 is 9.53 Å². The van der Waals surface area contributed by atoms with Crippen molar-refractivity contribution in [2.24, 2.45) is 0 Å². The lowest BCUT2D eigenvalue weighted by Gasteiger charge is -2.11. The van der Waals surface area contributed by atoms with Gasteiger partial charge in [-0.2, -0.15) is 5.10 Å². The third kappa shape index (κ3) is 5.37. The maximum atomic E-state index is 12.6. The summed E-state index contributed by atoms with van der Waals surface area (Å²) in [6.45, 7) is 6.82.